The zero-order chi connectivity index (χ0) is 24.2. The molecule has 3 aromatic heterocycles. The van der Waals surface area contributed by atoms with E-state index in [1.54, 1.807) is 37.2 Å². The molecule has 4 aromatic rings. The molecule has 34 heavy (non-hydrogen) atoms. The van der Waals surface area contributed by atoms with Gasteiger partial charge in [0.1, 0.15) is 16.9 Å². The summed E-state index contributed by atoms with van der Waals surface area (Å²) >= 11 is 0. The van der Waals surface area contributed by atoms with Gasteiger partial charge in [0.05, 0.1) is 17.1 Å². The average Bonchev–Trinajstić information content (AvgIpc) is 3.35. The van der Waals surface area contributed by atoms with E-state index >= 15 is 4.39 Å². The second kappa shape index (κ2) is 8.05. The highest BCUT2D eigenvalue weighted by molar-refractivity contribution is 6.14. The van der Waals surface area contributed by atoms with Crippen LogP contribution in [-0.4, -0.2) is 50.7 Å². The largest absolute Gasteiger partial charge is 0.371 e. The SMILES string of the molecule is CNC1(C)CCN(c2cc(F)c(C(=O)Nc3cc(F)c4nc(C)cn4c3)c3nn(C)cc23)CC1. The number of imidazole rings is 1. The first-order chi connectivity index (χ1) is 16.2. The fraction of sp³-hybridized carbons (Fsp3) is 0.375. The maximum atomic E-state index is 15.4. The summed E-state index contributed by atoms with van der Waals surface area (Å²) in [6.45, 7) is 5.45. The standard InChI is InChI=1S/C24H27F2N7O/c1-14-11-33-12-15(9-18(26)22(33)28-14)29-23(34)20-17(25)10-19(16-13-31(4)30-21(16)20)32-7-5-24(2,27-3)6-8-32/h9-13,27H,5-8H2,1-4H3,(H,29,34). The van der Waals surface area contributed by atoms with Gasteiger partial charge in [-0.2, -0.15) is 5.10 Å². The highest BCUT2D eigenvalue weighted by Gasteiger charge is 2.31. The zero-order valence-electron chi connectivity index (χ0n) is 19.6. The Morgan fingerprint density at radius 3 is 2.56 bits per heavy atom. The number of carbonyl (C=O) groups is 1. The van der Waals surface area contributed by atoms with Crippen LogP contribution in [0.4, 0.5) is 20.2 Å². The number of anilines is 2. The second-order valence-corrected chi connectivity index (χ2v) is 9.26. The fourth-order valence-electron chi connectivity index (χ4n) is 4.65. The Labute approximate surface area is 195 Å². The molecule has 0 unspecified atom stereocenters. The molecule has 4 heterocycles. The first-order valence-electron chi connectivity index (χ1n) is 11.2. The minimum absolute atomic E-state index is 0.0487. The molecule has 1 aliphatic heterocycles. The van der Waals surface area contributed by atoms with Crippen molar-refractivity contribution in [3.8, 4) is 0 Å². The Morgan fingerprint density at radius 2 is 1.85 bits per heavy atom. The third kappa shape index (κ3) is 3.77. The lowest BCUT2D eigenvalue weighted by Gasteiger charge is -2.40. The van der Waals surface area contributed by atoms with Crippen molar-refractivity contribution in [2.45, 2.75) is 32.2 Å². The van der Waals surface area contributed by atoms with E-state index in [-0.39, 0.29) is 28.0 Å². The van der Waals surface area contributed by atoms with Gasteiger partial charge in [0.25, 0.3) is 5.91 Å². The van der Waals surface area contributed by atoms with Crippen LogP contribution in [0.3, 0.4) is 0 Å². The van der Waals surface area contributed by atoms with E-state index in [4.69, 9.17) is 0 Å². The lowest BCUT2D eigenvalue weighted by atomic mass is 9.89. The molecule has 0 atom stereocenters. The minimum atomic E-state index is -0.690. The molecule has 178 valence electrons. The topological polar surface area (TPSA) is 79.5 Å². The maximum Gasteiger partial charge on any atom is 0.260 e. The van der Waals surface area contributed by atoms with Crippen molar-refractivity contribution in [2.75, 3.05) is 30.4 Å². The predicted octanol–water partition coefficient (Wildman–Crippen LogP) is 3.64. The Kier molecular flexibility index (Phi) is 5.27. The molecule has 0 aliphatic carbocycles. The number of benzene rings is 1. The molecule has 1 fully saturated rings. The molecule has 1 aliphatic rings. The smallest absolute Gasteiger partial charge is 0.260 e. The van der Waals surface area contributed by atoms with Gasteiger partial charge in [0, 0.05) is 55.7 Å². The van der Waals surface area contributed by atoms with Crippen LogP contribution in [0.1, 0.15) is 35.8 Å². The Hall–Kier alpha value is -3.53. The third-order valence-corrected chi connectivity index (χ3v) is 6.77. The highest BCUT2D eigenvalue weighted by Crippen LogP contribution is 2.34. The summed E-state index contributed by atoms with van der Waals surface area (Å²) in [5, 5.41) is 11.1. The number of carbonyl (C=O) groups excluding carboxylic acids is 1. The normalized spacial score (nSPS) is 15.9. The van der Waals surface area contributed by atoms with Gasteiger partial charge in [-0.15, -0.1) is 0 Å². The fourth-order valence-corrected chi connectivity index (χ4v) is 4.65. The molecule has 10 heteroatoms. The summed E-state index contributed by atoms with van der Waals surface area (Å²) in [6, 6.07) is 2.58. The monoisotopic (exact) mass is 467 g/mol. The number of piperidine rings is 1. The molecule has 0 bridgehead atoms. The zero-order valence-corrected chi connectivity index (χ0v) is 19.6. The number of nitrogens with zero attached hydrogens (tertiary/aromatic N) is 5. The van der Waals surface area contributed by atoms with E-state index in [1.165, 1.54) is 16.5 Å². The van der Waals surface area contributed by atoms with Crippen molar-refractivity contribution < 1.29 is 13.6 Å². The minimum Gasteiger partial charge on any atom is -0.371 e. The number of fused-ring (bicyclic) bond motifs is 2. The molecule has 0 spiro atoms. The van der Waals surface area contributed by atoms with Crippen molar-refractivity contribution in [1.29, 1.82) is 0 Å². The molecule has 1 amide bonds. The van der Waals surface area contributed by atoms with Crippen LogP contribution < -0.4 is 15.5 Å². The van der Waals surface area contributed by atoms with E-state index in [0.717, 1.165) is 31.6 Å². The first-order valence-corrected chi connectivity index (χ1v) is 11.2. The number of rotatable bonds is 4. The van der Waals surface area contributed by atoms with E-state index in [0.29, 0.717) is 11.1 Å². The van der Waals surface area contributed by atoms with Crippen LogP contribution in [0.25, 0.3) is 16.6 Å². The third-order valence-electron chi connectivity index (χ3n) is 6.77. The van der Waals surface area contributed by atoms with E-state index < -0.39 is 17.5 Å². The molecule has 5 rings (SSSR count). The molecular formula is C24H27F2N7O. The molecular weight excluding hydrogens is 440 g/mol. The Balaban J connectivity index is 1.50. The van der Waals surface area contributed by atoms with Crippen LogP contribution >= 0.6 is 0 Å². The van der Waals surface area contributed by atoms with Crippen molar-refractivity contribution in [2.24, 2.45) is 7.05 Å². The van der Waals surface area contributed by atoms with E-state index in [2.05, 4.69) is 32.5 Å². The Morgan fingerprint density at radius 1 is 1.12 bits per heavy atom. The number of nitrogens with one attached hydrogen (secondary N) is 2. The maximum absolute atomic E-state index is 15.4. The lowest BCUT2D eigenvalue weighted by molar-refractivity contribution is 0.102. The van der Waals surface area contributed by atoms with Gasteiger partial charge in [0.15, 0.2) is 11.5 Å². The summed E-state index contributed by atoms with van der Waals surface area (Å²) in [5.41, 5.74) is 1.88. The van der Waals surface area contributed by atoms with Gasteiger partial charge < -0.3 is 19.9 Å². The summed E-state index contributed by atoms with van der Waals surface area (Å²) < 4.78 is 32.9. The number of hydrogen-bond acceptors (Lipinski definition) is 5. The molecule has 1 saturated heterocycles. The number of amides is 1. The van der Waals surface area contributed by atoms with Gasteiger partial charge in [-0.1, -0.05) is 0 Å². The summed E-state index contributed by atoms with van der Waals surface area (Å²) in [4.78, 5) is 19.4. The first kappa shape index (κ1) is 22.3. The van der Waals surface area contributed by atoms with Gasteiger partial charge >= 0.3 is 0 Å². The van der Waals surface area contributed by atoms with Crippen molar-refractivity contribution in [3.63, 3.8) is 0 Å². The average molecular weight is 468 g/mol. The van der Waals surface area contributed by atoms with Gasteiger partial charge in [-0.05, 0) is 39.8 Å². The number of hydrogen-bond donors (Lipinski definition) is 2. The van der Waals surface area contributed by atoms with E-state index in [1.807, 2.05) is 7.05 Å². The summed E-state index contributed by atoms with van der Waals surface area (Å²) in [5.74, 6) is -1.94. The number of aromatic nitrogens is 4. The van der Waals surface area contributed by atoms with Crippen LogP contribution in [0.5, 0.6) is 0 Å². The molecule has 8 nitrogen and oxygen atoms in total. The van der Waals surface area contributed by atoms with Crippen LogP contribution in [0, 0.1) is 18.6 Å². The summed E-state index contributed by atoms with van der Waals surface area (Å²) in [7, 11) is 3.70. The van der Waals surface area contributed by atoms with Crippen molar-refractivity contribution in [1.82, 2.24) is 24.5 Å². The second-order valence-electron chi connectivity index (χ2n) is 9.26. The number of aryl methyl sites for hydroxylation is 2. The highest BCUT2D eigenvalue weighted by atomic mass is 19.1. The molecule has 1 aromatic carbocycles. The molecule has 0 radical (unpaired) electrons. The number of halogens is 2. The lowest BCUT2D eigenvalue weighted by Crippen LogP contribution is -2.50. The van der Waals surface area contributed by atoms with Crippen molar-refractivity contribution >= 4 is 33.8 Å². The quantitative estimate of drug-likeness (QED) is 0.479. The van der Waals surface area contributed by atoms with Crippen molar-refractivity contribution in [3.05, 3.63) is 53.6 Å². The molecule has 0 saturated carbocycles. The van der Waals surface area contributed by atoms with E-state index in [9.17, 15) is 9.18 Å². The van der Waals surface area contributed by atoms with Crippen LogP contribution in [-0.2, 0) is 7.05 Å². The van der Waals surface area contributed by atoms with Crippen LogP contribution in [0.2, 0.25) is 0 Å². The van der Waals surface area contributed by atoms with Crippen LogP contribution in [0.15, 0.2) is 30.7 Å². The predicted molar refractivity (Wildman–Crippen MR) is 127 cm³/mol. The van der Waals surface area contributed by atoms with Gasteiger partial charge in [0.2, 0.25) is 0 Å². The number of pyridine rings is 1. The van der Waals surface area contributed by atoms with Gasteiger partial charge in [-0.25, -0.2) is 13.8 Å². The van der Waals surface area contributed by atoms with Gasteiger partial charge in [-0.3, -0.25) is 9.48 Å². The summed E-state index contributed by atoms with van der Waals surface area (Å²) in [6.07, 6.45) is 6.82. The Bertz CT molecular complexity index is 1420. The molecule has 2 N–H and O–H groups in total.